The summed E-state index contributed by atoms with van der Waals surface area (Å²) < 4.78 is 7.10. The molecule has 0 spiro atoms. The Bertz CT molecular complexity index is 1110. The smallest absolute Gasteiger partial charge is 0.342 e. The van der Waals surface area contributed by atoms with Crippen LogP contribution >= 0.6 is 11.3 Å². The molecule has 9 nitrogen and oxygen atoms in total. The topological polar surface area (TPSA) is 135 Å². The van der Waals surface area contributed by atoms with Gasteiger partial charge >= 0.3 is 5.97 Å². The Kier molecular flexibility index (Phi) is 5.16. The number of nitrogens with zero attached hydrogens (tertiary/aromatic N) is 5. The number of nitrogen functional groups attached to an aromatic ring is 2. The maximum absolute atomic E-state index is 12.8. The molecule has 0 bridgehead atoms. The second-order valence-electron chi connectivity index (χ2n) is 6.10. The van der Waals surface area contributed by atoms with Gasteiger partial charge in [0.2, 0.25) is 11.9 Å². The summed E-state index contributed by atoms with van der Waals surface area (Å²) in [6, 6.07) is 13.7. The van der Waals surface area contributed by atoms with Crippen molar-refractivity contribution in [2.45, 2.75) is 13.2 Å². The monoisotopic (exact) mass is 407 g/mol. The predicted octanol–water partition coefficient (Wildman–Crippen LogP) is 2.37. The van der Waals surface area contributed by atoms with E-state index in [0.717, 1.165) is 10.4 Å². The van der Waals surface area contributed by atoms with E-state index >= 15 is 0 Å². The van der Waals surface area contributed by atoms with Crippen LogP contribution in [0.5, 0.6) is 0 Å². The van der Waals surface area contributed by atoms with Crippen LogP contribution in [0.3, 0.4) is 0 Å². The number of nitrogens with two attached hydrogens (primary N) is 2. The summed E-state index contributed by atoms with van der Waals surface area (Å²) >= 11 is 1.50. The van der Waals surface area contributed by atoms with Crippen LogP contribution in [0.4, 0.5) is 11.9 Å². The lowest BCUT2D eigenvalue weighted by molar-refractivity contribution is 0.0463. The van der Waals surface area contributed by atoms with Crippen molar-refractivity contribution in [1.29, 1.82) is 0 Å². The van der Waals surface area contributed by atoms with Crippen molar-refractivity contribution >= 4 is 29.2 Å². The van der Waals surface area contributed by atoms with Gasteiger partial charge in [-0.1, -0.05) is 36.4 Å². The molecule has 0 amide bonds. The van der Waals surface area contributed by atoms with Crippen LogP contribution < -0.4 is 11.5 Å². The molecule has 4 N–H and O–H groups in total. The summed E-state index contributed by atoms with van der Waals surface area (Å²) in [5.41, 5.74) is 13.1. The zero-order valence-electron chi connectivity index (χ0n) is 15.2. The van der Waals surface area contributed by atoms with Crippen LogP contribution in [-0.2, 0) is 17.9 Å². The lowest BCUT2D eigenvalue weighted by Gasteiger charge is -2.04. The van der Waals surface area contributed by atoms with Gasteiger partial charge in [-0.3, -0.25) is 4.68 Å². The van der Waals surface area contributed by atoms with Crippen molar-refractivity contribution in [2.75, 3.05) is 11.5 Å². The van der Waals surface area contributed by atoms with E-state index in [-0.39, 0.29) is 24.3 Å². The lowest BCUT2D eigenvalue weighted by atomic mass is 10.2. The van der Waals surface area contributed by atoms with Gasteiger partial charge in [0.05, 0.1) is 11.4 Å². The highest BCUT2D eigenvalue weighted by Crippen LogP contribution is 2.27. The van der Waals surface area contributed by atoms with Gasteiger partial charge in [-0.25, -0.2) is 4.79 Å². The molecule has 0 unspecified atom stereocenters. The predicted molar refractivity (Wildman–Crippen MR) is 109 cm³/mol. The summed E-state index contributed by atoms with van der Waals surface area (Å²) in [5.74, 6) is -0.417. The van der Waals surface area contributed by atoms with Gasteiger partial charge in [0.15, 0.2) is 12.4 Å². The molecule has 0 saturated carbocycles. The Morgan fingerprint density at radius 2 is 1.79 bits per heavy atom. The van der Waals surface area contributed by atoms with Gasteiger partial charge in [0, 0.05) is 6.20 Å². The Morgan fingerprint density at radius 3 is 2.48 bits per heavy atom. The van der Waals surface area contributed by atoms with E-state index in [2.05, 4.69) is 20.1 Å². The van der Waals surface area contributed by atoms with Gasteiger partial charge < -0.3 is 16.2 Å². The fraction of sp³-hybridized carbons (Fsp3) is 0.105. The molecule has 10 heteroatoms. The van der Waals surface area contributed by atoms with E-state index in [1.807, 2.05) is 47.8 Å². The number of thiophene rings is 1. The zero-order valence-corrected chi connectivity index (χ0v) is 16.0. The number of rotatable bonds is 6. The van der Waals surface area contributed by atoms with Crippen LogP contribution in [0.2, 0.25) is 0 Å². The van der Waals surface area contributed by atoms with Gasteiger partial charge in [-0.05, 0) is 17.0 Å². The number of esters is 1. The quantitative estimate of drug-likeness (QED) is 0.465. The van der Waals surface area contributed by atoms with E-state index in [9.17, 15) is 4.79 Å². The summed E-state index contributed by atoms with van der Waals surface area (Å²) in [7, 11) is 0. The molecular formula is C19H17N7O2S. The maximum Gasteiger partial charge on any atom is 0.342 e. The highest BCUT2D eigenvalue weighted by atomic mass is 32.1. The van der Waals surface area contributed by atoms with Gasteiger partial charge in [-0.2, -0.15) is 20.1 Å². The van der Waals surface area contributed by atoms with E-state index in [1.54, 1.807) is 10.9 Å². The first-order chi connectivity index (χ1) is 14.1. The molecule has 0 saturated heterocycles. The van der Waals surface area contributed by atoms with Crippen molar-refractivity contribution in [3.05, 3.63) is 71.0 Å². The van der Waals surface area contributed by atoms with Crippen LogP contribution in [0.25, 0.3) is 10.6 Å². The van der Waals surface area contributed by atoms with E-state index in [1.165, 1.54) is 11.3 Å². The van der Waals surface area contributed by atoms with Crippen LogP contribution in [0.1, 0.15) is 21.7 Å². The summed E-state index contributed by atoms with van der Waals surface area (Å²) in [5, 5.41) is 6.52. The second kappa shape index (κ2) is 8.07. The Labute approximate surface area is 170 Å². The maximum atomic E-state index is 12.8. The minimum absolute atomic E-state index is 0.0292. The number of hydrogen-bond acceptors (Lipinski definition) is 9. The minimum Gasteiger partial charge on any atom is -0.454 e. The first-order valence-corrected chi connectivity index (χ1v) is 9.55. The van der Waals surface area contributed by atoms with Crippen LogP contribution in [0, 0.1) is 0 Å². The minimum atomic E-state index is -0.537. The first kappa shape index (κ1) is 18.6. The SMILES string of the molecule is Nc1nc(N)nc(COC(=O)c2cn(Cc3ccccc3)nc2-c2cccs2)n1. The van der Waals surface area contributed by atoms with Crippen molar-refractivity contribution in [3.63, 3.8) is 0 Å². The van der Waals surface area contributed by atoms with Crippen molar-refractivity contribution in [3.8, 4) is 10.6 Å². The zero-order chi connectivity index (χ0) is 20.2. The number of hydrogen-bond donors (Lipinski definition) is 2. The molecule has 4 rings (SSSR count). The van der Waals surface area contributed by atoms with E-state index in [4.69, 9.17) is 16.2 Å². The Hall–Kier alpha value is -3.79. The van der Waals surface area contributed by atoms with Crippen LogP contribution in [0.15, 0.2) is 54.0 Å². The average molecular weight is 407 g/mol. The standard InChI is InChI=1S/C19H17N7O2S/c20-18-22-15(23-19(21)24-18)11-28-17(27)13-10-26(9-12-5-2-1-3-6-12)25-16(13)14-7-4-8-29-14/h1-8,10H,9,11H2,(H4,20,21,22,23,24). The third-order valence-corrected chi connectivity index (χ3v) is 4.85. The number of aromatic nitrogens is 5. The Balaban J connectivity index is 1.58. The van der Waals surface area contributed by atoms with Crippen molar-refractivity contribution in [2.24, 2.45) is 0 Å². The van der Waals surface area contributed by atoms with E-state index in [0.29, 0.717) is 17.8 Å². The molecule has 1 aromatic carbocycles. The molecule has 4 aromatic rings. The summed E-state index contributed by atoms with van der Waals surface area (Å²) in [6.07, 6.45) is 1.68. The third kappa shape index (κ3) is 4.38. The normalized spacial score (nSPS) is 10.8. The second-order valence-corrected chi connectivity index (χ2v) is 7.04. The summed E-state index contributed by atoms with van der Waals surface area (Å²) in [6.45, 7) is 0.358. The van der Waals surface area contributed by atoms with Gasteiger partial charge in [0.25, 0.3) is 0 Å². The highest BCUT2D eigenvalue weighted by Gasteiger charge is 2.21. The number of carbonyl (C=O) groups is 1. The Morgan fingerprint density at radius 1 is 1.03 bits per heavy atom. The van der Waals surface area contributed by atoms with E-state index < -0.39 is 5.97 Å². The third-order valence-electron chi connectivity index (χ3n) is 3.97. The number of ether oxygens (including phenoxy) is 1. The lowest BCUT2D eigenvalue weighted by Crippen LogP contribution is -2.11. The molecule has 146 valence electrons. The number of anilines is 2. The number of carbonyl (C=O) groups excluding carboxylic acids is 1. The van der Waals surface area contributed by atoms with Crippen molar-refractivity contribution in [1.82, 2.24) is 24.7 Å². The molecule has 0 fully saturated rings. The number of benzene rings is 1. The fourth-order valence-corrected chi connectivity index (χ4v) is 3.47. The molecule has 0 aliphatic heterocycles. The first-order valence-electron chi connectivity index (χ1n) is 8.67. The fourth-order valence-electron chi connectivity index (χ4n) is 2.75. The molecule has 3 aromatic heterocycles. The largest absolute Gasteiger partial charge is 0.454 e. The summed E-state index contributed by atoms with van der Waals surface area (Å²) in [4.78, 5) is 25.2. The molecule has 0 atom stereocenters. The molecule has 0 radical (unpaired) electrons. The highest BCUT2D eigenvalue weighted by molar-refractivity contribution is 7.13. The molecule has 0 aliphatic carbocycles. The van der Waals surface area contributed by atoms with Crippen molar-refractivity contribution < 1.29 is 9.53 Å². The molecule has 3 heterocycles. The van der Waals surface area contributed by atoms with Crippen LogP contribution in [-0.4, -0.2) is 30.7 Å². The molecule has 0 aliphatic rings. The molecule has 29 heavy (non-hydrogen) atoms. The molecular weight excluding hydrogens is 390 g/mol. The average Bonchev–Trinajstić information content (AvgIpc) is 3.36. The van der Waals surface area contributed by atoms with Gasteiger partial charge in [0.1, 0.15) is 11.3 Å². The van der Waals surface area contributed by atoms with Gasteiger partial charge in [-0.15, -0.1) is 11.3 Å².